The van der Waals surface area contributed by atoms with Crippen LogP contribution in [0.1, 0.15) is 29.2 Å². The first kappa shape index (κ1) is 22.9. The molecule has 0 amide bonds. The van der Waals surface area contributed by atoms with Crippen molar-refractivity contribution in [2.24, 2.45) is 5.10 Å². The number of aryl methyl sites for hydroxylation is 1. The molecule has 1 aliphatic rings. The minimum absolute atomic E-state index is 0.0481. The first-order valence-electron chi connectivity index (χ1n) is 10.1. The van der Waals surface area contributed by atoms with Gasteiger partial charge in [-0.05, 0) is 42.8 Å². The predicted octanol–water partition coefficient (Wildman–Crippen LogP) is 4.05. The number of nitrogens with zero attached hydrogens (tertiary/aromatic N) is 2. The van der Waals surface area contributed by atoms with E-state index < -0.39 is 31.9 Å². The van der Waals surface area contributed by atoms with E-state index in [2.05, 4.69) is 9.82 Å². The number of hydrogen-bond donors (Lipinski definition) is 1. The molecule has 1 heterocycles. The van der Waals surface area contributed by atoms with Gasteiger partial charge in [-0.1, -0.05) is 48.0 Å². The molecule has 7 nitrogen and oxygen atoms in total. The van der Waals surface area contributed by atoms with Crippen molar-refractivity contribution in [3.63, 3.8) is 0 Å². The Balaban J connectivity index is 1.80. The van der Waals surface area contributed by atoms with Crippen LogP contribution in [-0.2, 0) is 20.0 Å². The second kappa shape index (κ2) is 8.60. The number of benzene rings is 3. The summed E-state index contributed by atoms with van der Waals surface area (Å²) < 4.78 is 68.2. The van der Waals surface area contributed by atoms with Gasteiger partial charge in [0.1, 0.15) is 5.82 Å². The van der Waals surface area contributed by atoms with Crippen LogP contribution in [0, 0.1) is 12.7 Å². The van der Waals surface area contributed by atoms with E-state index in [0.29, 0.717) is 17.0 Å². The summed E-state index contributed by atoms with van der Waals surface area (Å²) in [6.07, 6.45) is 1.16. The lowest BCUT2D eigenvalue weighted by molar-refractivity contribution is 0.362. The molecule has 4 rings (SSSR count). The minimum Gasteiger partial charge on any atom is -0.284 e. The lowest BCUT2D eigenvalue weighted by Crippen LogP contribution is -2.28. The molecule has 3 aromatic carbocycles. The molecule has 1 atom stereocenters. The van der Waals surface area contributed by atoms with Gasteiger partial charge in [0.25, 0.3) is 10.0 Å². The highest BCUT2D eigenvalue weighted by molar-refractivity contribution is 7.92. The molecule has 1 aliphatic heterocycles. The summed E-state index contributed by atoms with van der Waals surface area (Å²) in [6, 6.07) is 18.0. The van der Waals surface area contributed by atoms with Crippen molar-refractivity contribution >= 4 is 31.4 Å². The Morgan fingerprint density at radius 3 is 2.33 bits per heavy atom. The highest BCUT2D eigenvalue weighted by atomic mass is 32.2. The third kappa shape index (κ3) is 4.91. The highest BCUT2D eigenvalue weighted by Gasteiger charge is 2.38. The van der Waals surface area contributed by atoms with Gasteiger partial charge in [-0.25, -0.2) is 12.8 Å². The van der Waals surface area contributed by atoms with Crippen LogP contribution in [0.5, 0.6) is 0 Å². The van der Waals surface area contributed by atoms with E-state index in [0.717, 1.165) is 16.2 Å². The fraction of sp³-hybridized carbons (Fsp3) is 0.174. The van der Waals surface area contributed by atoms with Gasteiger partial charge in [0.15, 0.2) is 0 Å². The first-order valence-corrected chi connectivity index (χ1v) is 13.4. The molecular formula is C23H22FN3O4S2. The molecule has 0 spiro atoms. The minimum atomic E-state index is -4.08. The van der Waals surface area contributed by atoms with E-state index in [1.807, 2.05) is 6.92 Å². The third-order valence-electron chi connectivity index (χ3n) is 5.20. The summed E-state index contributed by atoms with van der Waals surface area (Å²) in [4.78, 5) is 0.0481. The number of anilines is 1. The summed E-state index contributed by atoms with van der Waals surface area (Å²) in [5.74, 6) is -0.532. The largest absolute Gasteiger partial charge is 0.284 e. The van der Waals surface area contributed by atoms with Gasteiger partial charge >= 0.3 is 0 Å². The van der Waals surface area contributed by atoms with Crippen LogP contribution in [0.15, 0.2) is 82.8 Å². The fourth-order valence-corrected chi connectivity index (χ4v) is 5.64. The molecule has 0 unspecified atom stereocenters. The monoisotopic (exact) mass is 487 g/mol. The Kier molecular flexibility index (Phi) is 5.98. The first-order chi connectivity index (χ1) is 15.5. The van der Waals surface area contributed by atoms with E-state index in [1.165, 1.54) is 30.3 Å². The Bertz CT molecular complexity index is 1440. The Hall–Kier alpha value is -3.24. The SMILES string of the molecule is Cc1ccc(S(=O)(=O)N2N=C(c3cccc(NS(C)(=O)=O)c3)C[C@@H]2c2ccccc2F)cc1. The summed E-state index contributed by atoms with van der Waals surface area (Å²) in [5.41, 5.74) is 2.36. The summed E-state index contributed by atoms with van der Waals surface area (Å²) in [7, 11) is -7.58. The molecule has 0 fully saturated rings. The quantitative estimate of drug-likeness (QED) is 0.568. The topological polar surface area (TPSA) is 95.9 Å². The molecule has 0 aliphatic carbocycles. The molecule has 0 radical (unpaired) electrons. The van der Waals surface area contributed by atoms with Crippen molar-refractivity contribution in [2.75, 3.05) is 11.0 Å². The highest BCUT2D eigenvalue weighted by Crippen LogP contribution is 2.38. The standard InChI is InChI=1S/C23H22FN3O4S2/c1-16-10-12-19(13-11-16)33(30,31)27-23(20-8-3-4-9-21(20)24)15-22(25-27)17-6-5-7-18(14-17)26-32(2,28)29/h3-14,23,26H,15H2,1-2H3/t23-/m1/s1. The van der Waals surface area contributed by atoms with E-state index in [9.17, 15) is 21.2 Å². The van der Waals surface area contributed by atoms with Crippen molar-refractivity contribution in [2.45, 2.75) is 24.3 Å². The average Bonchev–Trinajstić information content (AvgIpc) is 3.20. The number of sulfonamides is 2. The number of hydrazone groups is 1. The van der Waals surface area contributed by atoms with Crippen LogP contribution >= 0.6 is 0 Å². The summed E-state index contributed by atoms with van der Waals surface area (Å²) in [6.45, 7) is 1.85. The fourth-order valence-electron chi connectivity index (χ4n) is 3.66. The van der Waals surface area contributed by atoms with Gasteiger partial charge in [0.2, 0.25) is 10.0 Å². The molecular weight excluding hydrogens is 465 g/mol. The van der Waals surface area contributed by atoms with E-state index in [-0.39, 0.29) is 16.9 Å². The zero-order chi connectivity index (χ0) is 23.8. The van der Waals surface area contributed by atoms with Gasteiger partial charge in [-0.15, -0.1) is 0 Å². The molecule has 1 N–H and O–H groups in total. The molecule has 0 aromatic heterocycles. The molecule has 10 heteroatoms. The second-order valence-corrected chi connectivity index (χ2v) is 11.4. The van der Waals surface area contributed by atoms with Crippen molar-refractivity contribution in [3.05, 3.63) is 95.3 Å². The predicted molar refractivity (Wildman–Crippen MR) is 125 cm³/mol. The summed E-state index contributed by atoms with van der Waals surface area (Å²) >= 11 is 0. The zero-order valence-corrected chi connectivity index (χ0v) is 19.6. The Labute approximate surface area is 192 Å². The number of rotatable bonds is 6. The maximum absolute atomic E-state index is 14.7. The Morgan fingerprint density at radius 2 is 1.67 bits per heavy atom. The van der Waals surface area contributed by atoms with E-state index in [4.69, 9.17) is 0 Å². The van der Waals surface area contributed by atoms with Gasteiger partial charge < -0.3 is 0 Å². The molecule has 172 valence electrons. The van der Waals surface area contributed by atoms with Crippen LogP contribution in [-0.4, -0.2) is 33.2 Å². The molecule has 0 saturated carbocycles. The molecule has 3 aromatic rings. The van der Waals surface area contributed by atoms with Crippen molar-refractivity contribution in [1.29, 1.82) is 0 Å². The lowest BCUT2D eigenvalue weighted by Gasteiger charge is -2.23. The van der Waals surface area contributed by atoms with Crippen LogP contribution in [0.4, 0.5) is 10.1 Å². The molecule has 0 bridgehead atoms. The normalized spacial score (nSPS) is 16.5. The van der Waals surface area contributed by atoms with Crippen LogP contribution < -0.4 is 4.72 Å². The van der Waals surface area contributed by atoms with Crippen molar-refractivity contribution in [3.8, 4) is 0 Å². The van der Waals surface area contributed by atoms with E-state index in [1.54, 1.807) is 42.5 Å². The van der Waals surface area contributed by atoms with Crippen molar-refractivity contribution in [1.82, 2.24) is 4.41 Å². The number of nitrogens with one attached hydrogen (secondary N) is 1. The smallest absolute Gasteiger partial charge is 0.279 e. The second-order valence-electron chi connectivity index (χ2n) is 7.83. The lowest BCUT2D eigenvalue weighted by atomic mass is 9.98. The maximum Gasteiger partial charge on any atom is 0.279 e. The third-order valence-corrected chi connectivity index (χ3v) is 7.50. The van der Waals surface area contributed by atoms with Crippen LogP contribution in [0.25, 0.3) is 0 Å². The van der Waals surface area contributed by atoms with Gasteiger partial charge in [0.05, 0.1) is 22.9 Å². The Morgan fingerprint density at radius 1 is 0.970 bits per heavy atom. The summed E-state index contributed by atoms with van der Waals surface area (Å²) in [5, 5.41) is 4.38. The van der Waals surface area contributed by atoms with Crippen LogP contribution in [0.2, 0.25) is 0 Å². The number of hydrogen-bond acceptors (Lipinski definition) is 5. The number of halogens is 1. The van der Waals surface area contributed by atoms with E-state index >= 15 is 0 Å². The zero-order valence-electron chi connectivity index (χ0n) is 17.9. The van der Waals surface area contributed by atoms with Gasteiger partial charge in [-0.2, -0.15) is 17.9 Å². The molecule has 33 heavy (non-hydrogen) atoms. The maximum atomic E-state index is 14.7. The van der Waals surface area contributed by atoms with Gasteiger partial charge in [0, 0.05) is 17.7 Å². The molecule has 0 saturated heterocycles. The van der Waals surface area contributed by atoms with Crippen LogP contribution in [0.3, 0.4) is 0 Å². The average molecular weight is 488 g/mol. The van der Waals surface area contributed by atoms with Crippen molar-refractivity contribution < 1.29 is 21.2 Å². The van der Waals surface area contributed by atoms with Gasteiger partial charge in [-0.3, -0.25) is 4.72 Å².